The Kier molecular flexibility index (Phi) is 6.11. The molecule has 0 unspecified atom stereocenters. The first kappa shape index (κ1) is 14.8. The van der Waals surface area contributed by atoms with Gasteiger partial charge in [-0.1, -0.05) is 29.8 Å². The van der Waals surface area contributed by atoms with Crippen molar-refractivity contribution < 1.29 is 0 Å². The van der Waals surface area contributed by atoms with E-state index in [1.165, 1.54) is 24.0 Å². The average Bonchev–Trinajstić information content (AvgIpc) is 2.40. The van der Waals surface area contributed by atoms with E-state index in [-0.39, 0.29) is 0 Å². The lowest BCUT2D eigenvalue weighted by atomic mass is 10.1. The number of fused-ring (bicyclic) bond motifs is 2. The second-order valence-corrected chi connectivity index (χ2v) is 5.63. The van der Waals surface area contributed by atoms with Crippen LogP contribution in [-0.4, -0.2) is 38.1 Å². The topological polar surface area (TPSA) is 27.3 Å². The van der Waals surface area contributed by atoms with Crippen LogP contribution in [-0.2, 0) is 13.1 Å². The molecule has 1 aliphatic heterocycles. The maximum atomic E-state index is 6.45. The monoisotopic (exact) mass is 281 g/mol. The molecule has 0 aromatic heterocycles. The van der Waals surface area contributed by atoms with E-state index in [2.05, 4.69) is 40.8 Å². The van der Waals surface area contributed by atoms with Crippen LogP contribution in [0.1, 0.15) is 24.0 Å². The Morgan fingerprint density at radius 2 is 1.53 bits per heavy atom. The van der Waals surface area contributed by atoms with Crippen molar-refractivity contribution in [3.8, 4) is 0 Å². The molecular weight excluding hydrogens is 258 g/mol. The van der Waals surface area contributed by atoms with Crippen LogP contribution in [0.5, 0.6) is 0 Å². The van der Waals surface area contributed by atoms with Crippen LogP contribution in [0, 0.1) is 0 Å². The van der Waals surface area contributed by atoms with E-state index in [1.807, 2.05) is 0 Å². The normalized spacial score (nSPS) is 19.9. The molecule has 1 aromatic carbocycles. The Labute approximate surface area is 121 Å². The van der Waals surface area contributed by atoms with Gasteiger partial charge in [-0.25, -0.2) is 0 Å². The zero-order chi connectivity index (χ0) is 13.5. The maximum absolute atomic E-state index is 6.45. The van der Waals surface area contributed by atoms with Gasteiger partial charge in [-0.05, 0) is 57.2 Å². The van der Waals surface area contributed by atoms with Crippen molar-refractivity contribution in [1.82, 2.24) is 15.5 Å². The minimum absolute atomic E-state index is 0.858. The van der Waals surface area contributed by atoms with E-state index in [4.69, 9.17) is 11.6 Å². The summed E-state index contributed by atoms with van der Waals surface area (Å²) in [5.74, 6) is 0. The molecule has 2 rings (SSSR count). The molecule has 0 spiro atoms. The van der Waals surface area contributed by atoms with Crippen molar-refractivity contribution in [3.63, 3.8) is 0 Å². The molecule has 106 valence electrons. The SMILES string of the molecule is CN1CCCNCc2cccc(c2Cl)CNCCC1. The first-order valence-electron chi connectivity index (χ1n) is 7.13. The lowest BCUT2D eigenvalue weighted by Gasteiger charge is -2.18. The fourth-order valence-electron chi connectivity index (χ4n) is 2.41. The third-order valence-electron chi connectivity index (χ3n) is 3.58. The van der Waals surface area contributed by atoms with Gasteiger partial charge in [0.15, 0.2) is 0 Å². The second kappa shape index (κ2) is 7.85. The lowest BCUT2D eigenvalue weighted by Crippen LogP contribution is -2.27. The lowest BCUT2D eigenvalue weighted by molar-refractivity contribution is 0.319. The summed E-state index contributed by atoms with van der Waals surface area (Å²) < 4.78 is 0. The summed E-state index contributed by atoms with van der Waals surface area (Å²) in [7, 11) is 2.20. The standard InChI is InChI=1S/C15H24ClN3/c1-19-9-3-7-17-11-13-5-2-6-14(15(13)16)12-18-8-4-10-19/h2,5-6,17-18H,3-4,7-12H2,1H3. The van der Waals surface area contributed by atoms with Gasteiger partial charge in [-0.3, -0.25) is 0 Å². The molecule has 0 saturated heterocycles. The largest absolute Gasteiger partial charge is 0.313 e. The van der Waals surface area contributed by atoms with Gasteiger partial charge in [0.1, 0.15) is 0 Å². The molecule has 19 heavy (non-hydrogen) atoms. The van der Waals surface area contributed by atoms with E-state index in [0.717, 1.165) is 44.3 Å². The predicted octanol–water partition coefficient (Wildman–Crippen LogP) is 2.24. The third-order valence-corrected chi connectivity index (χ3v) is 4.06. The van der Waals surface area contributed by atoms with Crippen molar-refractivity contribution in [2.75, 3.05) is 33.2 Å². The van der Waals surface area contributed by atoms with E-state index in [0.29, 0.717) is 0 Å². The van der Waals surface area contributed by atoms with Crippen LogP contribution in [0.3, 0.4) is 0 Å². The molecule has 2 N–H and O–H groups in total. The maximum Gasteiger partial charge on any atom is 0.0495 e. The Balaban J connectivity index is 2.01. The number of benzene rings is 1. The molecule has 3 nitrogen and oxygen atoms in total. The molecule has 1 aromatic rings. The van der Waals surface area contributed by atoms with Crippen LogP contribution >= 0.6 is 11.6 Å². The van der Waals surface area contributed by atoms with Crippen molar-refractivity contribution in [2.24, 2.45) is 0 Å². The summed E-state index contributed by atoms with van der Waals surface area (Å²) in [4.78, 5) is 2.40. The van der Waals surface area contributed by atoms with Gasteiger partial charge in [0.2, 0.25) is 0 Å². The van der Waals surface area contributed by atoms with Crippen molar-refractivity contribution in [3.05, 3.63) is 34.3 Å². The summed E-state index contributed by atoms with van der Waals surface area (Å²) in [6, 6.07) is 6.31. The highest BCUT2D eigenvalue weighted by Gasteiger charge is 2.06. The van der Waals surface area contributed by atoms with E-state index in [1.54, 1.807) is 0 Å². The Hall–Kier alpha value is -0.610. The summed E-state index contributed by atoms with van der Waals surface area (Å²) in [6.45, 7) is 6.11. The number of rotatable bonds is 0. The molecule has 0 aliphatic carbocycles. The molecule has 1 aliphatic rings. The summed E-state index contributed by atoms with van der Waals surface area (Å²) in [6.07, 6.45) is 2.36. The molecule has 0 atom stereocenters. The quantitative estimate of drug-likeness (QED) is 0.764. The zero-order valence-corrected chi connectivity index (χ0v) is 12.5. The van der Waals surface area contributed by atoms with Gasteiger partial charge in [0.25, 0.3) is 0 Å². The van der Waals surface area contributed by atoms with Crippen LogP contribution in [0.4, 0.5) is 0 Å². The summed E-state index contributed by atoms with van der Waals surface area (Å²) >= 11 is 6.45. The van der Waals surface area contributed by atoms with Gasteiger partial charge in [0.05, 0.1) is 0 Å². The smallest absolute Gasteiger partial charge is 0.0495 e. The van der Waals surface area contributed by atoms with Crippen molar-refractivity contribution in [2.45, 2.75) is 25.9 Å². The van der Waals surface area contributed by atoms with Gasteiger partial charge in [-0.15, -0.1) is 0 Å². The van der Waals surface area contributed by atoms with E-state index >= 15 is 0 Å². The second-order valence-electron chi connectivity index (χ2n) is 5.25. The Morgan fingerprint density at radius 3 is 2.05 bits per heavy atom. The van der Waals surface area contributed by atoms with Gasteiger partial charge in [-0.2, -0.15) is 0 Å². The minimum Gasteiger partial charge on any atom is -0.313 e. The Morgan fingerprint density at radius 1 is 1.00 bits per heavy atom. The number of nitrogens with one attached hydrogen (secondary N) is 2. The number of hydrogen-bond acceptors (Lipinski definition) is 3. The molecule has 4 heteroatoms. The fraction of sp³-hybridized carbons (Fsp3) is 0.600. The number of halogens is 1. The first-order chi connectivity index (χ1) is 9.27. The highest BCUT2D eigenvalue weighted by Crippen LogP contribution is 2.21. The zero-order valence-electron chi connectivity index (χ0n) is 11.7. The molecule has 1 heterocycles. The van der Waals surface area contributed by atoms with Crippen LogP contribution < -0.4 is 10.6 Å². The summed E-state index contributed by atoms with van der Waals surface area (Å²) in [5.41, 5.74) is 2.40. The fourth-order valence-corrected chi connectivity index (χ4v) is 2.67. The molecule has 2 bridgehead atoms. The minimum atomic E-state index is 0.858. The van der Waals surface area contributed by atoms with E-state index < -0.39 is 0 Å². The number of nitrogens with zero attached hydrogens (tertiary/aromatic N) is 1. The third kappa shape index (κ3) is 4.77. The van der Waals surface area contributed by atoms with Gasteiger partial charge >= 0.3 is 0 Å². The summed E-state index contributed by atoms with van der Waals surface area (Å²) in [5, 5.41) is 7.87. The molecule has 0 saturated carbocycles. The Bertz CT molecular complexity index is 363. The molecule has 0 amide bonds. The average molecular weight is 282 g/mol. The van der Waals surface area contributed by atoms with Crippen LogP contribution in [0.15, 0.2) is 18.2 Å². The highest BCUT2D eigenvalue weighted by molar-refractivity contribution is 6.32. The van der Waals surface area contributed by atoms with Gasteiger partial charge in [0, 0.05) is 18.1 Å². The highest BCUT2D eigenvalue weighted by atomic mass is 35.5. The molecular formula is C15H24ClN3. The van der Waals surface area contributed by atoms with Crippen molar-refractivity contribution >= 4 is 11.6 Å². The van der Waals surface area contributed by atoms with Crippen molar-refractivity contribution in [1.29, 1.82) is 0 Å². The predicted molar refractivity (Wildman–Crippen MR) is 81.6 cm³/mol. The molecule has 0 radical (unpaired) electrons. The molecule has 0 fully saturated rings. The van der Waals surface area contributed by atoms with Crippen LogP contribution in [0.2, 0.25) is 5.02 Å². The number of hydrogen-bond donors (Lipinski definition) is 2. The van der Waals surface area contributed by atoms with E-state index in [9.17, 15) is 0 Å². The van der Waals surface area contributed by atoms with Gasteiger partial charge < -0.3 is 15.5 Å². The van der Waals surface area contributed by atoms with Crippen LogP contribution in [0.25, 0.3) is 0 Å². The first-order valence-corrected chi connectivity index (χ1v) is 7.51.